The Morgan fingerprint density at radius 1 is 0.865 bits per heavy atom. The van der Waals surface area contributed by atoms with Gasteiger partial charge in [-0.2, -0.15) is 0 Å². The zero-order valence-corrected chi connectivity index (χ0v) is 20.7. The van der Waals surface area contributed by atoms with Crippen molar-refractivity contribution in [3.8, 4) is 17.2 Å². The molecule has 0 fully saturated rings. The summed E-state index contributed by atoms with van der Waals surface area (Å²) in [7, 11) is -2.74. The van der Waals surface area contributed by atoms with Crippen LogP contribution in [-0.2, 0) is 10.0 Å². The SMILES string of the molecule is COc1cc(Oc2ccc(C)c(F)c2)ccc1N(c1ccncn1)S(=O)(=O)c1ccc2cnccc2c1. The maximum absolute atomic E-state index is 14.0. The van der Waals surface area contributed by atoms with Crippen LogP contribution in [0.5, 0.6) is 17.2 Å². The van der Waals surface area contributed by atoms with Gasteiger partial charge in [0.05, 0.1) is 12.0 Å². The number of hydrogen-bond acceptors (Lipinski definition) is 7. The molecule has 5 aromatic rings. The van der Waals surface area contributed by atoms with Gasteiger partial charge < -0.3 is 9.47 Å². The number of fused-ring (bicyclic) bond motifs is 1. The molecule has 0 radical (unpaired) electrons. The van der Waals surface area contributed by atoms with Gasteiger partial charge in [0, 0.05) is 42.2 Å². The number of ether oxygens (including phenoxy) is 2. The van der Waals surface area contributed by atoms with Crippen LogP contribution >= 0.6 is 0 Å². The molecule has 2 aromatic heterocycles. The van der Waals surface area contributed by atoms with Crippen LogP contribution in [0.1, 0.15) is 5.56 Å². The number of rotatable bonds is 7. The molecule has 0 saturated heterocycles. The fraction of sp³-hybridized carbons (Fsp3) is 0.0741. The van der Waals surface area contributed by atoms with E-state index in [0.717, 1.165) is 15.1 Å². The molecule has 0 amide bonds. The lowest BCUT2D eigenvalue weighted by Gasteiger charge is -2.25. The van der Waals surface area contributed by atoms with Gasteiger partial charge in [0.2, 0.25) is 0 Å². The number of halogens is 1. The van der Waals surface area contributed by atoms with E-state index in [2.05, 4.69) is 15.0 Å². The summed E-state index contributed by atoms with van der Waals surface area (Å²) < 4.78 is 54.4. The van der Waals surface area contributed by atoms with Crippen LogP contribution in [0.15, 0.2) is 96.5 Å². The van der Waals surface area contributed by atoms with Crippen LogP contribution in [0.25, 0.3) is 10.8 Å². The maximum atomic E-state index is 14.0. The highest BCUT2D eigenvalue weighted by molar-refractivity contribution is 7.93. The molecule has 0 aliphatic rings. The summed E-state index contributed by atoms with van der Waals surface area (Å²) in [5.74, 6) is 0.564. The molecule has 0 saturated carbocycles. The maximum Gasteiger partial charge on any atom is 0.270 e. The van der Waals surface area contributed by atoms with E-state index in [0.29, 0.717) is 17.1 Å². The van der Waals surface area contributed by atoms with Crippen molar-refractivity contribution in [2.45, 2.75) is 11.8 Å². The normalized spacial score (nSPS) is 11.3. The average Bonchev–Trinajstić information content (AvgIpc) is 2.92. The number of pyridine rings is 1. The van der Waals surface area contributed by atoms with Crippen molar-refractivity contribution in [1.82, 2.24) is 15.0 Å². The van der Waals surface area contributed by atoms with E-state index < -0.39 is 15.8 Å². The van der Waals surface area contributed by atoms with Crippen molar-refractivity contribution in [3.63, 3.8) is 0 Å². The van der Waals surface area contributed by atoms with Crippen LogP contribution < -0.4 is 13.8 Å². The van der Waals surface area contributed by atoms with Gasteiger partial charge in [-0.25, -0.2) is 27.1 Å². The minimum atomic E-state index is -4.16. The van der Waals surface area contributed by atoms with Gasteiger partial charge in [-0.3, -0.25) is 4.98 Å². The highest BCUT2D eigenvalue weighted by atomic mass is 32.2. The van der Waals surface area contributed by atoms with Crippen molar-refractivity contribution in [2.75, 3.05) is 11.4 Å². The Morgan fingerprint density at radius 2 is 1.65 bits per heavy atom. The predicted octanol–water partition coefficient (Wildman–Crippen LogP) is 5.80. The highest BCUT2D eigenvalue weighted by Gasteiger charge is 2.30. The second-order valence-electron chi connectivity index (χ2n) is 8.07. The van der Waals surface area contributed by atoms with E-state index >= 15 is 0 Å². The Labute approximate surface area is 213 Å². The molecule has 0 spiro atoms. The minimum absolute atomic E-state index is 0.0577. The quantitative estimate of drug-likeness (QED) is 0.270. The lowest BCUT2D eigenvalue weighted by Crippen LogP contribution is -2.27. The molecule has 186 valence electrons. The van der Waals surface area contributed by atoms with E-state index in [-0.39, 0.29) is 22.2 Å². The largest absolute Gasteiger partial charge is 0.494 e. The van der Waals surface area contributed by atoms with Crippen LogP contribution in [0.2, 0.25) is 0 Å². The molecule has 0 aliphatic heterocycles. The lowest BCUT2D eigenvalue weighted by molar-refractivity contribution is 0.410. The molecule has 0 atom stereocenters. The van der Waals surface area contributed by atoms with E-state index in [9.17, 15) is 12.8 Å². The Kier molecular flexibility index (Phi) is 6.41. The van der Waals surface area contributed by atoms with Crippen LogP contribution in [0.3, 0.4) is 0 Å². The molecule has 3 aromatic carbocycles. The first-order chi connectivity index (χ1) is 17.9. The van der Waals surface area contributed by atoms with Gasteiger partial charge in [-0.1, -0.05) is 12.1 Å². The standard InChI is InChI=1S/C27H21FN4O4S/c1-18-3-5-21(14-24(18)28)36-22-6-8-25(26(15-22)35-2)32(27-10-12-30-17-31-27)37(33,34)23-7-4-20-16-29-11-9-19(20)13-23/h3-17H,1-2H3. The predicted molar refractivity (Wildman–Crippen MR) is 137 cm³/mol. The van der Waals surface area contributed by atoms with Gasteiger partial charge in [0.15, 0.2) is 5.82 Å². The number of sulfonamides is 1. The third-order valence-electron chi connectivity index (χ3n) is 5.67. The van der Waals surface area contributed by atoms with Gasteiger partial charge in [-0.05, 0) is 54.3 Å². The summed E-state index contributed by atoms with van der Waals surface area (Å²) in [4.78, 5) is 12.2. The summed E-state index contributed by atoms with van der Waals surface area (Å²) in [6, 6.07) is 17.2. The summed E-state index contributed by atoms with van der Waals surface area (Å²) in [6.45, 7) is 1.66. The third kappa shape index (κ3) is 4.78. The summed E-state index contributed by atoms with van der Waals surface area (Å²) in [5.41, 5.74) is 0.703. The van der Waals surface area contributed by atoms with E-state index in [1.54, 1.807) is 61.8 Å². The van der Waals surface area contributed by atoms with Crippen molar-refractivity contribution in [3.05, 3.63) is 103 Å². The Morgan fingerprint density at radius 3 is 2.41 bits per heavy atom. The van der Waals surface area contributed by atoms with Crippen molar-refractivity contribution in [2.24, 2.45) is 0 Å². The Hall–Kier alpha value is -4.57. The number of aryl methyl sites for hydroxylation is 1. The number of nitrogens with zero attached hydrogens (tertiary/aromatic N) is 4. The van der Waals surface area contributed by atoms with Crippen molar-refractivity contribution >= 4 is 32.3 Å². The molecule has 0 bridgehead atoms. The van der Waals surface area contributed by atoms with E-state index in [1.807, 2.05) is 0 Å². The molecule has 0 N–H and O–H groups in total. The lowest BCUT2D eigenvalue weighted by atomic mass is 10.2. The first kappa shape index (κ1) is 24.1. The number of benzene rings is 3. The summed E-state index contributed by atoms with van der Waals surface area (Å²) in [5, 5.41) is 1.53. The number of aromatic nitrogens is 3. The second-order valence-corrected chi connectivity index (χ2v) is 9.86. The smallest absolute Gasteiger partial charge is 0.270 e. The van der Waals surface area contributed by atoms with Crippen LogP contribution in [-0.4, -0.2) is 30.5 Å². The molecular weight excluding hydrogens is 495 g/mol. The molecule has 37 heavy (non-hydrogen) atoms. The van der Waals surface area contributed by atoms with Gasteiger partial charge in [-0.15, -0.1) is 0 Å². The zero-order chi connectivity index (χ0) is 26.0. The average molecular weight is 517 g/mol. The molecule has 5 rings (SSSR count). The molecule has 8 nitrogen and oxygen atoms in total. The van der Waals surface area contributed by atoms with E-state index in [4.69, 9.17) is 9.47 Å². The van der Waals surface area contributed by atoms with Gasteiger partial charge in [0.25, 0.3) is 10.0 Å². The second kappa shape index (κ2) is 9.82. The molecule has 0 unspecified atom stereocenters. The zero-order valence-electron chi connectivity index (χ0n) is 19.9. The first-order valence-electron chi connectivity index (χ1n) is 11.1. The number of methoxy groups -OCH3 is 1. The molecule has 2 heterocycles. The van der Waals surface area contributed by atoms with Gasteiger partial charge in [0.1, 0.15) is 35.1 Å². The van der Waals surface area contributed by atoms with Gasteiger partial charge >= 0.3 is 0 Å². The fourth-order valence-corrected chi connectivity index (χ4v) is 5.26. The Bertz CT molecular complexity index is 1700. The number of anilines is 2. The molecular formula is C27H21FN4O4S. The molecule has 0 aliphatic carbocycles. The summed E-state index contributed by atoms with van der Waals surface area (Å²) in [6.07, 6.45) is 5.98. The van der Waals surface area contributed by atoms with Crippen LogP contribution in [0, 0.1) is 12.7 Å². The van der Waals surface area contributed by atoms with Crippen LogP contribution in [0.4, 0.5) is 15.9 Å². The first-order valence-corrected chi connectivity index (χ1v) is 12.6. The molecule has 10 heteroatoms. The fourth-order valence-electron chi connectivity index (χ4n) is 3.77. The monoisotopic (exact) mass is 516 g/mol. The minimum Gasteiger partial charge on any atom is -0.494 e. The highest BCUT2D eigenvalue weighted by Crippen LogP contribution is 2.40. The third-order valence-corrected chi connectivity index (χ3v) is 7.39. The Balaban J connectivity index is 1.60. The van der Waals surface area contributed by atoms with Crippen molar-refractivity contribution in [1.29, 1.82) is 0 Å². The van der Waals surface area contributed by atoms with E-state index in [1.165, 1.54) is 43.9 Å². The van der Waals surface area contributed by atoms with Crippen molar-refractivity contribution < 1.29 is 22.3 Å². The summed E-state index contributed by atoms with van der Waals surface area (Å²) >= 11 is 0. The number of hydrogen-bond donors (Lipinski definition) is 0. The topological polar surface area (TPSA) is 94.5 Å².